The van der Waals surface area contributed by atoms with Crippen LogP contribution in [0.3, 0.4) is 0 Å². The number of aliphatic hydroxyl groups excluding tert-OH is 1. The number of fused-ring (bicyclic) bond motifs is 3. The molecule has 0 bridgehead atoms. The third-order valence-corrected chi connectivity index (χ3v) is 4.29. The van der Waals surface area contributed by atoms with Gasteiger partial charge in [-0.15, -0.1) is 0 Å². The van der Waals surface area contributed by atoms with Crippen LogP contribution >= 0.6 is 0 Å². The maximum absolute atomic E-state index is 10.3. The van der Waals surface area contributed by atoms with Crippen molar-refractivity contribution >= 4 is 21.8 Å². The Labute approximate surface area is 124 Å². The van der Waals surface area contributed by atoms with E-state index in [0.717, 1.165) is 0 Å². The number of nitrogens with one attached hydrogen (secondary N) is 1. The van der Waals surface area contributed by atoms with Crippen LogP contribution in [0.4, 0.5) is 0 Å². The molecular weight excluding hydrogens is 260 g/mol. The van der Waals surface area contributed by atoms with E-state index in [1.165, 1.54) is 34.6 Å². The number of benzene rings is 2. The van der Waals surface area contributed by atoms with Gasteiger partial charge in [0.15, 0.2) is 0 Å². The Morgan fingerprint density at radius 2 is 1.57 bits per heavy atom. The molecule has 21 heavy (non-hydrogen) atoms. The lowest BCUT2D eigenvalue weighted by molar-refractivity contribution is 0.154. The fraction of sp³-hybridized carbons (Fsp3) is 0.333. The number of para-hydroxylation sites is 2. The number of nitrogens with zero attached hydrogens (tertiary/aromatic N) is 1. The first-order chi connectivity index (χ1) is 10.3. The van der Waals surface area contributed by atoms with Crippen LogP contribution in [0.1, 0.15) is 12.8 Å². The van der Waals surface area contributed by atoms with Crippen molar-refractivity contribution in [2.75, 3.05) is 6.54 Å². The second-order valence-corrected chi connectivity index (χ2v) is 5.98. The lowest BCUT2D eigenvalue weighted by Gasteiger charge is -2.14. The number of rotatable bonds is 5. The van der Waals surface area contributed by atoms with E-state index in [-0.39, 0.29) is 6.10 Å². The Kier molecular flexibility index (Phi) is 3.17. The molecule has 0 saturated heterocycles. The van der Waals surface area contributed by atoms with Crippen molar-refractivity contribution in [1.29, 1.82) is 0 Å². The van der Waals surface area contributed by atoms with Crippen molar-refractivity contribution in [1.82, 2.24) is 9.88 Å². The topological polar surface area (TPSA) is 37.2 Å². The number of aliphatic hydroxyl groups is 1. The summed E-state index contributed by atoms with van der Waals surface area (Å²) in [4.78, 5) is 0. The van der Waals surface area contributed by atoms with E-state index < -0.39 is 0 Å². The van der Waals surface area contributed by atoms with Gasteiger partial charge in [-0.3, -0.25) is 0 Å². The summed E-state index contributed by atoms with van der Waals surface area (Å²) in [6.45, 7) is 1.30. The Balaban J connectivity index is 1.71. The van der Waals surface area contributed by atoms with Crippen LogP contribution in [0, 0.1) is 0 Å². The van der Waals surface area contributed by atoms with Crippen LogP contribution in [0.2, 0.25) is 0 Å². The summed E-state index contributed by atoms with van der Waals surface area (Å²) in [5, 5.41) is 16.3. The van der Waals surface area contributed by atoms with E-state index in [1.54, 1.807) is 0 Å². The second kappa shape index (κ2) is 5.17. The van der Waals surface area contributed by atoms with Gasteiger partial charge in [0.1, 0.15) is 0 Å². The molecule has 3 aromatic rings. The molecule has 1 atom stereocenters. The minimum atomic E-state index is -0.357. The summed E-state index contributed by atoms with van der Waals surface area (Å²) in [6, 6.07) is 17.5. The van der Waals surface area contributed by atoms with Gasteiger partial charge >= 0.3 is 0 Å². The number of hydrogen-bond donors (Lipinski definition) is 2. The van der Waals surface area contributed by atoms with Gasteiger partial charge < -0.3 is 15.0 Å². The zero-order valence-electron chi connectivity index (χ0n) is 12.0. The molecule has 2 N–H and O–H groups in total. The van der Waals surface area contributed by atoms with E-state index in [9.17, 15) is 5.11 Å². The summed E-state index contributed by atoms with van der Waals surface area (Å²) >= 11 is 0. The Bertz CT molecular complexity index is 720. The fourth-order valence-corrected chi connectivity index (χ4v) is 3.07. The van der Waals surface area contributed by atoms with E-state index in [4.69, 9.17) is 0 Å². The van der Waals surface area contributed by atoms with Crippen LogP contribution in [0.5, 0.6) is 0 Å². The highest BCUT2D eigenvalue weighted by atomic mass is 16.3. The SMILES string of the molecule is O[C@@H](CNC1CC1)Cn1c2ccccc2c2ccccc21. The van der Waals surface area contributed by atoms with Crippen molar-refractivity contribution in [2.24, 2.45) is 0 Å². The van der Waals surface area contributed by atoms with Crippen LogP contribution in [-0.2, 0) is 6.54 Å². The maximum Gasteiger partial charge on any atom is 0.0843 e. The summed E-state index contributed by atoms with van der Waals surface area (Å²) in [5.74, 6) is 0. The normalized spacial score (nSPS) is 16.6. The van der Waals surface area contributed by atoms with Crippen molar-refractivity contribution in [3.63, 3.8) is 0 Å². The first-order valence-electron chi connectivity index (χ1n) is 7.70. The molecule has 1 heterocycles. The van der Waals surface area contributed by atoms with Gasteiger partial charge in [-0.1, -0.05) is 36.4 Å². The summed E-state index contributed by atoms with van der Waals surface area (Å²) < 4.78 is 2.24. The molecule has 4 rings (SSSR count). The Morgan fingerprint density at radius 1 is 1.00 bits per heavy atom. The molecule has 0 radical (unpaired) electrons. The van der Waals surface area contributed by atoms with Gasteiger partial charge in [0, 0.05) is 34.4 Å². The summed E-state index contributed by atoms with van der Waals surface area (Å²) in [7, 11) is 0. The van der Waals surface area contributed by atoms with E-state index >= 15 is 0 Å². The zero-order valence-corrected chi connectivity index (χ0v) is 12.0. The average molecular weight is 280 g/mol. The molecule has 1 aliphatic carbocycles. The highest BCUT2D eigenvalue weighted by Crippen LogP contribution is 2.28. The van der Waals surface area contributed by atoms with Gasteiger partial charge in [0.2, 0.25) is 0 Å². The third-order valence-electron chi connectivity index (χ3n) is 4.29. The minimum absolute atomic E-state index is 0.357. The first kappa shape index (κ1) is 12.9. The minimum Gasteiger partial charge on any atom is -0.390 e. The predicted octanol–water partition coefficient (Wildman–Crippen LogP) is 2.91. The molecule has 3 heteroatoms. The molecule has 1 aliphatic rings. The number of aromatic nitrogens is 1. The fourth-order valence-electron chi connectivity index (χ4n) is 3.07. The van der Waals surface area contributed by atoms with Gasteiger partial charge in [-0.05, 0) is 25.0 Å². The molecule has 2 aromatic carbocycles. The quantitative estimate of drug-likeness (QED) is 0.754. The van der Waals surface area contributed by atoms with Gasteiger partial charge in [-0.2, -0.15) is 0 Å². The lowest BCUT2D eigenvalue weighted by atomic mass is 10.2. The smallest absolute Gasteiger partial charge is 0.0843 e. The van der Waals surface area contributed by atoms with E-state index in [0.29, 0.717) is 19.1 Å². The highest BCUT2D eigenvalue weighted by Gasteiger charge is 2.21. The van der Waals surface area contributed by atoms with Crippen LogP contribution in [0.25, 0.3) is 21.8 Å². The molecule has 0 unspecified atom stereocenters. The summed E-state index contributed by atoms with van der Waals surface area (Å²) in [6.07, 6.45) is 2.15. The molecule has 1 aromatic heterocycles. The first-order valence-corrected chi connectivity index (χ1v) is 7.70. The van der Waals surface area contributed by atoms with Crippen LogP contribution in [-0.4, -0.2) is 28.4 Å². The van der Waals surface area contributed by atoms with Gasteiger partial charge in [-0.25, -0.2) is 0 Å². The molecule has 0 aliphatic heterocycles. The molecule has 0 spiro atoms. The highest BCUT2D eigenvalue weighted by molar-refractivity contribution is 6.07. The average Bonchev–Trinajstić information content (AvgIpc) is 3.30. The lowest BCUT2D eigenvalue weighted by Crippen LogP contribution is -2.31. The van der Waals surface area contributed by atoms with E-state index in [1.807, 2.05) is 0 Å². The monoisotopic (exact) mass is 280 g/mol. The standard InChI is InChI=1S/C18H20N2O/c21-14(11-19-13-9-10-13)12-20-17-7-3-1-5-15(17)16-6-2-4-8-18(16)20/h1-8,13-14,19,21H,9-12H2/t14-/m0/s1. The zero-order chi connectivity index (χ0) is 14.2. The van der Waals surface area contributed by atoms with Crippen LogP contribution in [0.15, 0.2) is 48.5 Å². The van der Waals surface area contributed by atoms with Gasteiger partial charge in [0.05, 0.1) is 12.6 Å². The Morgan fingerprint density at radius 3 is 2.14 bits per heavy atom. The van der Waals surface area contributed by atoms with Crippen molar-refractivity contribution in [3.8, 4) is 0 Å². The third kappa shape index (κ3) is 2.43. The summed E-state index contributed by atoms with van der Waals surface area (Å²) in [5.41, 5.74) is 2.40. The van der Waals surface area contributed by atoms with Gasteiger partial charge in [0.25, 0.3) is 0 Å². The van der Waals surface area contributed by atoms with Crippen molar-refractivity contribution < 1.29 is 5.11 Å². The van der Waals surface area contributed by atoms with Crippen molar-refractivity contribution in [3.05, 3.63) is 48.5 Å². The molecule has 3 nitrogen and oxygen atoms in total. The molecule has 0 amide bonds. The Hall–Kier alpha value is -1.84. The van der Waals surface area contributed by atoms with Crippen LogP contribution < -0.4 is 5.32 Å². The largest absolute Gasteiger partial charge is 0.390 e. The molecule has 1 fully saturated rings. The maximum atomic E-state index is 10.3. The van der Waals surface area contributed by atoms with E-state index in [2.05, 4.69) is 58.4 Å². The predicted molar refractivity (Wildman–Crippen MR) is 86.5 cm³/mol. The molecular formula is C18H20N2O. The van der Waals surface area contributed by atoms with Crippen molar-refractivity contribution in [2.45, 2.75) is 31.5 Å². The molecule has 108 valence electrons. The second-order valence-electron chi connectivity index (χ2n) is 5.98. The number of hydrogen-bond acceptors (Lipinski definition) is 2. The molecule has 1 saturated carbocycles.